The average molecular weight is 404 g/mol. The van der Waals surface area contributed by atoms with Crippen molar-refractivity contribution in [2.75, 3.05) is 26.7 Å². The maximum absolute atomic E-state index is 14.7. The molecule has 0 radical (unpaired) electrons. The van der Waals surface area contributed by atoms with Gasteiger partial charge in [-0.25, -0.2) is 13.8 Å². The fourth-order valence-corrected chi connectivity index (χ4v) is 4.75. The fourth-order valence-electron chi connectivity index (χ4n) is 4.75. The minimum absolute atomic E-state index is 0.166. The molecule has 156 valence electrons. The van der Waals surface area contributed by atoms with Crippen molar-refractivity contribution in [1.29, 1.82) is 0 Å². The third-order valence-electron chi connectivity index (χ3n) is 5.86. The number of hydrogen-bond acceptors (Lipinski definition) is 4. The number of nitrogens with one attached hydrogen (secondary N) is 1. The van der Waals surface area contributed by atoms with Gasteiger partial charge in [-0.15, -0.1) is 0 Å². The number of aromatic nitrogens is 2. The van der Waals surface area contributed by atoms with Crippen molar-refractivity contribution < 1.29 is 18.3 Å². The molecule has 1 aromatic carbocycles. The number of hydrogen-bond donors (Lipinski definition) is 1. The number of carbonyl (C=O) groups is 1. The standard InChI is InChI=1S/C21H26F2N4O2/c1-29-18-5-2-4-16(8-18)10-27-7-3-6-20(19(27)28)12-21(22,23)14-26(13-20)11-17-9-24-15-25-17/h2,4-5,8-9,15H,3,6-7,10-14H2,1H3,(H,24,25). The van der Waals surface area contributed by atoms with Crippen LogP contribution in [0.1, 0.15) is 30.5 Å². The van der Waals surface area contributed by atoms with Crippen molar-refractivity contribution in [2.45, 2.75) is 38.3 Å². The van der Waals surface area contributed by atoms with E-state index in [0.717, 1.165) is 23.4 Å². The van der Waals surface area contributed by atoms with E-state index in [1.54, 1.807) is 23.1 Å². The zero-order chi connectivity index (χ0) is 20.5. The molecule has 0 aliphatic carbocycles. The number of likely N-dealkylation sites (tertiary alicyclic amines) is 2. The number of H-pyrrole nitrogens is 1. The van der Waals surface area contributed by atoms with Crippen molar-refractivity contribution in [1.82, 2.24) is 19.8 Å². The lowest BCUT2D eigenvalue weighted by atomic mass is 9.71. The van der Waals surface area contributed by atoms with Crippen LogP contribution in [0.2, 0.25) is 0 Å². The molecule has 1 unspecified atom stereocenters. The summed E-state index contributed by atoms with van der Waals surface area (Å²) in [5.41, 5.74) is 0.666. The fraction of sp³-hybridized carbons (Fsp3) is 0.524. The van der Waals surface area contributed by atoms with Crippen molar-refractivity contribution in [2.24, 2.45) is 5.41 Å². The molecule has 0 bridgehead atoms. The van der Waals surface area contributed by atoms with Crippen LogP contribution >= 0.6 is 0 Å². The number of halogens is 2. The molecule has 29 heavy (non-hydrogen) atoms. The van der Waals surface area contributed by atoms with Gasteiger partial charge in [0.15, 0.2) is 0 Å². The Labute approximate surface area is 168 Å². The van der Waals surface area contributed by atoms with Gasteiger partial charge in [-0.2, -0.15) is 0 Å². The Kier molecular flexibility index (Phi) is 5.29. The lowest BCUT2D eigenvalue weighted by Gasteiger charge is -2.49. The minimum Gasteiger partial charge on any atom is -0.497 e. The Morgan fingerprint density at radius 3 is 2.90 bits per heavy atom. The molecule has 2 fully saturated rings. The van der Waals surface area contributed by atoms with Crippen LogP contribution in [0.5, 0.6) is 5.75 Å². The number of methoxy groups -OCH3 is 1. The quantitative estimate of drug-likeness (QED) is 0.832. The zero-order valence-electron chi connectivity index (χ0n) is 16.5. The molecule has 0 saturated carbocycles. The first-order valence-electron chi connectivity index (χ1n) is 9.89. The maximum Gasteiger partial charge on any atom is 0.261 e. The summed E-state index contributed by atoms with van der Waals surface area (Å²) in [5, 5.41) is 0. The summed E-state index contributed by atoms with van der Waals surface area (Å²) in [6, 6.07) is 7.53. The Morgan fingerprint density at radius 2 is 2.14 bits per heavy atom. The molecule has 2 aliphatic rings. The topological polar surface area (TPSA) is 61.5 Å². The van der Waals surface area contributed by atoms with Gasteiger partial charge in [-0.3, -0.25) is 9.69 Å². The van der Waals surface area contributed by atoms with E-state index in [4.69, 9.17) is 4.74 Å². The third kappa shape index (κ3) is 4.27. The number of benzene rings is 1. The number of imidazole rings is 1. The average Bonchev–Trinajstić information content (AvgIpc) is 3.17. The summed E-state index contributed by atoms with van der Waals surface area (Å²) >= 11 is 0. The van der Waals surface area contributed by atoms with Crippen LogP contribution in [-0.2, 0) is 17.9 Å². The predicted molar refractivity (Wildman–Crippen MR) is 104 cm³/mol. The largest absolute Gasteiger partial charge is 0.497 e. The number of amides is 1. The monoisotopic (exact) mass is 404 g/mol. The van der Waals surface area contributed by atoms with Crippen LogP contribution in [0.3, 0.4) is 0 Å². The molecule has 2 aromatic rings. The number of alkyl halides is 2. The third-order valence-corrected chi connectivity index (χ3v) is 5.86. The van der Waals surface area contributed by atoms with Crippen LogP contribution in [0.25, 0.3) is 0 Å². The molecule has 3 heterocycles. The number of carbonyl (C=O) groups excluding carboxylic acids is 1. The number of aromatic amines is 1. The zero-order valence-corrected chi connectivity index (χ0v) is 16.5. The first kappa shape index (κ1) is 19.8. The van der Waals surface area contributed by atoms with Crippen LogP contribution in [0, 0.1) is 5.41 Å². The lowest BCUT2D eigenvalue weighted by Crippen LogP contribution is -2.60. The lowest BCUT2D eigenvalue weighted by molar-refractivity contribution is -0.170. The van der Waals surface area contributed by atoms with Gasteiger partial charge < -0.3 is 14.6 Å². The molecule has 1 spiro atoms. The molecule has 1 amide bonds. The van der Waals surface area contributed by atoms with E-state index in [1.165, 1.54) is 6.33 Å². The minimum atomic E-state index is -2.90. The van der Waals surface area contributed by atoms with Crippen LogP contribution in [0.15, 0.2) is 36.8 Å². The van der Waals surface area contributed by atoms with Gasteiger partial charge in [-0.05, 0) is 30.5 Å². The first-order valence-corrected chi connectivity index (χ1v) is 9.89. The van der Waals surface area contributed by atoms with E-state index >= 15 is 0 Å². The molecular weight excluding hydrogens is 378 g/mol. The van der Waals surface area contributed by atoms with Crippen LogP contribution in [0.4, 0.5) is 8.78 Å². The van der Waals surface area contributed by atoms with Gasteiger partial charge in [0, 0.05) is 44.5 Å². The van der Waals surface area contributed by atoms with Crippen molar-refractivity contribution in [3.05, 3.63) is 48.0 Å². The van der Waals surface area contributed by atoms with E-state index in [9.17, 15) is 13.6 Å². The van der Waals surface area contributed by atoms with E-state index in [2.05, 4.69) is 9.97 Å². The van der Waals surface area contributed by atoms with E-state index in [1.807, 2.05) is 24.3 Å². The normalized spacial score (nSPS) is 24.8. The van der Waals surface area contributed by atoms with Gasteiger partial charge in [0.2, 0.25) is 5.91 Å². The van der Waals surface area contributed by atoms with Crippen molar-refractivity contribution in [3.8, 4) is 5.75 Å². The predicted octanol–water partition coefficient (Wildman–Crippen LogP) is 3.07. The highest BCUT2D eigenvalue weighted by Crippen LogP contribution is 2.45. The Hall–Kier alpha value is -2.48. The summed E-state index contributed by atoms with van der Waals surface area (Å²) in [5.74, 6) is -2.34. The Balaban J connectivity index is 1.54. The molecule has 1 atom stereocenters. The molecule has 4 rings (SSSR count). The van der Waals surface area contributed by atoms with E-state index in [-0.39, 0.29) is 18.9 Å². The van der Waals surface area contributed by atoms with Gasteiger partial charge >= 0.3 is 0 Å². The molecule has 8 heteroatoms. The van der Waals surface area contributed by atoms with Gasteiger partial charge in [0.05, 0.1) is 25.4 Å². The summed E-state index contributed by atoms with van der Waals surface area (Å²) in [6.07, 6.45) is 4.01. The van der Waals surface area contributed by atoms with Crippen LogP contribution in [-0.4, -0.2) is 58.3 Å². The van der Waals surface area contributed by atoms with Crippen LogP contribution < -0.4 is 4.74 Å². The number of piperidine rings is 2. The first-order chi connectivity index (χ1) is 13.9. The number of nitrogens with zero attached hydrogens (tertiary/aromatic N) is 3. The maximum atomic E-state index is 14.7. The molecular formula is C21H26F2N4O2. The van der Waals surface area contributed by atoms with E-state index < -0.39 is 11.3 Å². The molecule has 1 aromatic heterocycles. The Bertz CT molecular complexity index is 858. The highest BCUT2D eigenvalue weighted by Gasteiger charge is 2.55. The Morgan fingerprint density at radius 1 is 1.28 bits per heavy atom. The molecule has 2 saturated heterocycles. The number of ether oxygens (including phenoxy) is 1. The summed E-state index contributed by atoms with van der Waals surface area (Å²) in [4.78, 5) is 23.7. The SMILES string of the molecule is COc1cccc(CN2CCCC3(CN(Cc4cnc[nH]4)CC(F)(F)C3)C2=O)c1. The number of rotatable bonds is 5. The van der Waals surface area contributed by atoms with Gasteiger partial charge in [0.1, 0.15) is 5.75 Å². The van der Waals surface area contributed by atoms with Crippen molar-refractivity contribution >= 4 is 5.91 Å². The molecule has 1 N–H and O–H groups in total. The van der Waals surface area contributed by atoms with E-state index in [0.29, 0.717) is 32.6 Å². The summed E-state index contributed by atoms with van der Waals surface area (Å²) in [6.45, 7) is 1.33. The summed E-state index contributed by atoms with van der Waals surface area (Å²) < 4.78 is 34.6. The second kappa shape index (κ2) is 7.74. The highest BCUT2D eigenvalue weighted by atomic mass is 19.3. The van der Waals surface area contributed by atoms with Gasteiger partial charge in [-0.1, -0.05) is 12.1 Å². The molecule has 2 aliphatic heterocycles. The smallest absolute Gasteiger partial charge is 0.261 e. The van der Waals surface area contributed by atoms with Crippen molar-refractivity contribution in [3.63, 3.8) is 0 Å². The molecule has 6 nitrogen and oxygen atoms in total. The highest BCUT2D eigenvalue weighted by molar-refractivity contribution is 5.84. The summed E-state index contributed by atoms with van der Waals surface area (Å²) in [7, 11) is 1.60. The van der Waals surface area contributed by atoms with Gasteiger partial charge in [0.25, 0.3) is 5.92 Å². The second-order valence-electron chi connectivity index (χ2n) is 8.22. The second-order valence-corrected chi connectivity index (χ2v) is 8.22.